The van der Waals surface area contributed by atoms with Gasteiger partial charge in [-0.05, 0) is 18.9 Å². The molecular formula is C12H19NO3. The lowest BCUT2D eigenvalue weighted by Gasteiger charge is -2.28. The molecule has 1 aromatic heterocycles. The molecule has 4 nitrogen and oxygen atoms in total. The molecule has 0 fully saturated rings. The Hall–Kier alpha value is -1.29. The number of rotatable bonds is 6. The van der Waals surface area contributed by atoms with E-state index >= 15 is 0 Å². The van der Waals surface area contributed by atoms with E-state index in [1.54, 1.807) is 12.5 Å². The van der Waals surface area contributed by atoms with Gasteiger partial charge in [0.15, 0.2) is 0 Å². The summed E-state index contributed by atoms with van der Waals surface area (Å²) in [5.41, 5.74) is 1.02. The number of carbonyl (C=O) groups is 1. The van der Waals surface area contributed by atoms with E-state index in [9.17, 15) is 4.79 Å². The first-order chi connectivity index (χ1) is 7.50. The van der Waals surface area contributed by atoms with E-state index in [1.807, 2.05) is 17.9 Å². The molecular weight excluding hydrogens is 206 g/mol. The Morgan fingerprint density at radius 1 is 1.50 bits per heavy atom. The van der Waals surface area contributed by atoms with E-state index in [4.69, 9.17) is 9.52 Å². The van der Waals surface area contributed by atoms with Crippen molar-refractivity contribution in [2.75, 3.05) is 13.1 Å². The molecule has 0 radical (unpaired) electrons. The maximum atomic E-state index is 10.8. The van der Waals surface area contributed by atoms with Crippen LogP contribution < -0.4 is 0 Å². The highest BCUT2D eigenvalue weighted by molar-refractivity contribution is 5.69. The van der Waals surface area contributed by atoms with Crippen LogP contribution in [0.5, 0.6) is 0 Å². The van der Waals surface area contributed by atoms with Gasteiger partial charge in [-0.25, -0.2) is 0 Å². The van der Waals surface area contributed by atoms with Crippen molar-refractivity contribution < 1.29 is 14.3 Å². The Morgan fingerprint density at radius 3 is 2.62 bits per heavy atom. The van der Waals surface area contributed by atoms with Gasteiger partial charge in [-0.2, -0.15) is 0 Å². The highest BCUT2D eigenvalue weighted by atomic mass is 16.4. The van der Waals surface area contributed by atoms with Crippen LogP contribution >= 0.6 is 0 Å². The van der Waals surface area contributed by atoms with E-state index in [2.05, 4.69) is 13.8 Å². The lowest BCUT2D eigenvalue weighted by molar-refractivity contribution is -0.139. The molecule has 1 heterocycles. The number of carboxylic acid groups (broad SMARTS) is 1. The zero-order valence-electron chi connectivity index (χ0n) is 10.0. The van der Waals surface area contributed by atoms with Crippen LogP contribution in [0.1, 0.15) is 32.4 Å². The number of aliphatic carboxylic acids is 1. The minimum absolute atomic E-state index is 0.0600. The molecule has 4 heteroatoms. The van der Waals surface area contributed by atoms with Gasteiger partial charge in [0.25, 0.3) is 0 Å². The minimum Gasteiger partial charge on any atom is -0.480 e. The lowest BCUT2D eigenvalue weighted by atomic mass is 10.1. The summed E-state index contributed by atoms with van der Waals surface area (Å²) < 4.78 is 5.02. The molecule has 90 valence electrons. The van der Waals surface area contributed by atoms with Gasteiger partial charge in [0.05, 0.1) is 19.1 Å². The topological polar surface area (TPSA) is 53.7 Å². The average molecular weight is 225 g/mol. The number of hydrogen-bond donors (Lipinski definition) is 1. The zero-order chi connectivity index (χ0) is 12.1. The summed E-state index contributed by atoms with van der Waals surface area (Å²) in [6.07, 6.45) is 3.28. The summed E-state index contributed by atoms with van der Waals surface area (Å²) in [6, 6.07) is 1.94. The first-order valence-electron chi connectivity index (χ1n) is 5.48. The molecule has 0 aliphatic rings. The third-order valence-corrected chi connectivity index (χ3v) is 2.51. The molecule has 1 atom stereocenters. The van der Waals surface area contributed by atoms with Crippen molar-refractivity contribution in [3.05, 3.63) is 24.2 Å². The predicted octanol–water partition coefficient (Wildman–Crippen LogP) is 2.38. The SMILES string of the molecule is CC(C)CN(CC(=O)O)C(C)c1ccoc1. The molecule has 0 saturated heterocycles. The Kier molecular flexibility index (Phi) is 4.55. The fourth-order valence-electron chi connectivity index (χ4n) is 1.73. The van der Waals surface area contributed by atoms with E-state index in [0.29, 0.717) is 5.92 Å². The molecule has 1 aromatic rings. The lowest BCUT2D eigenvalue weighted by Crippen LogP contribution is -2.35. The minimum atomic E-state index is -0.795. The van der Waals surface area contributed by atoms with Crippen molar-refractivity contribution in [2.24, 2.45) is 5.92 Å². The Labute approximate surface area is 95.9 Å². The molecule has 1 rings (SSSR count). The van der Waals surface area contributed by atoms with E-state index in [-0.39, 0.29) is 12.6 Å². The molecule has 0 saturated carbocycles. The summed E-state index contributed by atoms with van der Waals surface area (Å²) in [5.74, 6) is -0.357. The highest BCUT2D eigenvalue weighted by Gasteiger charge is 2.19. The largest absolute Gasteiger partial charge is 0.480 e. The van der Waals surface area contributed by atoms with Gasteiger partial charge in [-0.15, -0.1) is 0 Å². The Morgan fingerprint density at radius 2 is 2.19 bits per heavy atom. The van der Waals surface area contributed by atoms with Crippen molar-refractivity contribution >= 4 is 5.97 Å². The van der Waals surface area contributed by atoms with Gasteiger partial charge < -0.3 is 9.52 Å². The maximum Gasteiger partial charge on any atom is 0.317 e. The normalized spacial score (nSPS) is 13.3. The molecule has 16 heavy (non-hydrogen) atoms. The van der Waals surface area contributed by atoms with Crippen LogP contribution in [0.3, 0.4) is 0 Å². The maximum absolute atomic E-state index is 10.8. The van der Waals surface area contributed by atoms with Crippen LogP contribution in [0.15, 0.2) is 23.0 Å². The predicted molar refractivity (Wildman–Crippen MR) is 61.2 cm³/mol. The molecule has 0 aromatic carbocycles. The Bertz CT molecular complexity index is 319. The third kappa shape index (κ3) is 3.70. The zero-order valence-corrected chi connectivity index (χ0v) is 10.0. The fourth-order valence-corrected chi connectivity index (χ4v) is 1.73. The van der Waals surface area contributed by atoms with Gasteiger partial charge in [0.2, 0.25) is 0 Å². The number of hydrogen-bond acceptors (Lipinski definition) is 3. The molecule has 1 N–H and O–H groups in total. The van der Waals surface area contributed by atoms with Crippen molar-refractivity contribution in [1.29, 1.82) is 0 Å². The standard InChI is InChI=1S/C12H19NO3/c1-9(2)6-13(7-12(14)15)10(3)11-4-5-16-8-11/h4-5,8-10H,6-7H2,1-3H3,(H,14,15). The van der Waals surface area contributed by atoms with Crippen molar-refractivity contribution in [3.63, 3.8) is 0 Å². The van der Waals surface area contributed by atoms with Crippen LogP contribution in [0.25, 0.3) is 0 Å². The number of furan rings is 1. The van der Waals surface area contributed by atoms with Gasteiger partial charge in [-0.3, -0.25) is 9.69 Å². The summed E-state index contributed by atoms with van der Waals surface area (Å²) in [4.78, 5) is 12.7. The fraction of sp³-hybridized carbons (Fsp3) is 0.583. The highest BCUT2D eigenvalue weighted by Crippen LogP contribution is 2.21. The van der Waals surface area contributed by atoms with E-state index < -0.39 is 5.97 Å². The van der Waals surface area contributed by atoms with E-state index in [0.717, 1.165) is 12.1 Å². The van der Waals surface area contributed by atoms with Gasteiger partial charge in [-0.1, -0.05) is 13.8 Å². The average Bonchev–Trinajstić information content (AvgIpc) is 2.66. The Balaban J connectivity index is 2.71. The van der Waals surface area contributed by atoms with Gasteiger partial charge in [0, 0.05) is 18.2 Å². The second kappa shape index (κ2) is 5.70. The summed E-state index contributed by atoms with van der Waals surface area (Å²) in [6.45, 7) is 6.98. The third-order valence-electron chi connectivity index (χ3n) is 2.51. The summed E-state index contributed by atoms with van der Waals surface area (Å²) in [7, 11) is 0. The first-order valence-corrected chi connectivity index (χ1v) is 5.48. The molecule has 0 bridgehead atoms. The van der Waals surface area contributed by atoms with Crippen molar-refractivity contribution in [3.8, 4) is 0 Å². The van der Waals surface area contributed by atoms with Gasteiger partial charge >= 0.3 is 5.97 Å². The number of nitrogens with zero attached hydrogens (tertiary/aromatic N) is 1. The molecule has 0 spiro atoms. The quantitative estimate of drug-likeness (QED) is 0.807. The summed E-state index contributed by atoms with van der Waals surface area (Å²) in [5, 5.41) is 8.88. The second-order valence-corrected chi connectivity index (χ2v) is 4.45. The van der Waals surface area contributed by atoms with Crippen LogP contribution in [0.2, 0.25) is 0 Å². The van der Waals surface area contributed by atoms with Crippen LogP contribution in [-0.2, 0) is 4.79 Å². The summed E-state index contributed by atoms with van der Waals surface area (Å²) >= 11 is 0. The second-order valence-electron chi connectivity index (χ2n) is 4.45. The molecule has 0 aliphatic heterocycles. The van der Waals surface area contributed by atoms with E-state index in [1.165, 1.54) is 0 Å². The molecule has 0 aliphatic carbocycles. The molecule has 1 unspecified atom stereocenters. The van der Waals surface area contributed by atoms with Crippen molar-refractivity contribution in [2.45, 2.75) is 26.8 Å². The van der Waals surface area contributed by atoms with Gasteiger partial charge in [0.1, 0.15) is 0 Å². The van der Waals surface area contributed by atoms with Crippen molar-refractivity contribution in [1.82, 2.24) is 4.90 Å². The first kappa shape index (κ1) is 12.8. The number of carboxylic acids is 1. The molecule has 0 amide bonds. The van der Waals surface area contributed by atoms with Crippen LogP contribution in [0, 0.1) is 5.92 Å². The van der Waals surface area contributed by atoms with Crippen LogP contribution in [-0.4, -0.2) is 29.1 Å². The smallest absolute Gasteiger partial charge is 0.317 e. The monoisotopic (exact) mass is 225 g/mol. The van der Waals surface area contributed by atoms with Crippen LogP contribution in [0.4, 0.5) is 0 Å².